The summed E-state index contributed by atoms with van der Waals surface area (Å²) in [5.74, 6) is 1.36. The van der Waals surface area contributed by atoms with E-state index in [-0.39, 0.29) is 5.41 Å². The van der Waals surface area contributed by atoms with Gasteiger partial charge >= 0.3 is 0 Å². The highest BCUT2D eigenvalue weighted by Gasteiger charge is 2.44. The molecule has 1 aromatic carbocycles. The van der Waals surface area contributed by atoms with Gasteiger partial charge in [-0.2, -0.15) is 0 Å². The first-order valence-corrected chi connectivity index (χ1v) is 6.35. The van der Waals surface area contributed by atoms with Gasteiger partial charge in [-0.1, -0.05) is 26.0 Å². The van der Waals surface area contributed by atoms with Crippen LogP contribution in [0.1, 0.15) is 43.7 Å². The number of carbonyl (C=O) groups excluding carboxylic acids is 1. The number of benzene rings is 1. The summed E-state index contributed by atoms with van der Waals surface area (Å²) in [6, 6.07) is 6.32. The minimum Gasteiger partial charge on any atom is -0.496 e. The van der Waals surface area contributed by atoms with E-state index in [9.17, 15) is 4.79 Å². The van der Waals surface area contributed by atoms with E-state index in [1.54, 1.807) is 13.2 Å². The van der Waals surface area contributed by atoms with Gasteiger partial charge in [0, 0.05) is 5.41 Å². The average molecular weight is 245 g/mol. The molecule has 1 aliphatic carbocycles. The molecule has 1 aliphatic rings. The van der Waals surface area contributed by atoms with E-state index in [4.69, 9.17) is 4.74 Å². The molecule has 0 heterocycles. The first-order valence-electron chi connectivity index (χ1n) is 6.35. The number of hydrogen-bond donors (Lipinski definition) is 0. The third kappa shape index (κ3) is 2.32. The van der Waals surface area contributed by atoms with Gasteiger partial charge in [0.25, 0.3) is 0 Å². The highest BCUT2D eigenvalue weighted by Crippen LogP contribution is 2.49. The maximum Gasteiger partial charge on any atom is 0.234 e. The van der Waals surface area contributed by atoms with E-state index < -0.39 is 0 Å². The van der Waals surface area contributed by atoms with Crippen molar-refractivity contribution in [3.63, 3.8) is 0 Å². The van der Waals surface area contributed by atoms with Gasteiger partial charge in [0.2, 0.25) is 6.08 Å². The molecule has 0 saturated heterocycles. The molecule has 3 heteroatoms. The highest BCUT2D eigenvalue weighted by atomic mass is 16.5. The van der Waals surface area contributed by atoms with Crippen molar-refractivity contribution in [3.05, 3.63) is 29.3 Å². The molecule has 0 N–H and O–H groups in total. The lowest BCUT2D eigenvalue weighted by Crippen LogP contribution is -2.11. The Bertz CT molecular complexity index is 483. The Morgan fingerprint density at radius 3 is 2.67 bits per heavy atom. The van der Waals surface area contributed by atoms with Gasteiger partial charge in [0.1, 0.15) is 5.75 Å². The van der Waals surface area contributed by atoms with E-state index in [0.29, 0.717) is 12.5 Å². The zero-order chi connectivity index (χ0) is 13.2. The zero-order valence-corrected chi connectivity index (χ0v) is 11.2. The molecule has 1 fully saturated rings. The maximum atomic E-state index is 10.3. The van der Waals surface area contributed by atoms with Gasteiger partial charge in [0.15, 0.2) is 0 Å². The summed E-state index contributed by atoms with van der Waals surface area (Å²) in [5.41, 5.74) is 2.57. The van der Waals surface area contributed by atoms with E-state index >= 15 is 0 Å². The van der Waals surface area contributed by atoms with E-state index in [1.165, 1.54) is 11.1 Å². The van der Waals surface area contributed by atoms with Crippen molar-refractivity contribution in [2.75, 3.05) is 13.7 Å². The second kappa shape index (κ2) is 4.95. The van der Waals surface area contributed by atoms with Crippen LogP contribution >= 0.6 is 0 Å². The number of isocyanates is 1. The minimum absolute atomic E-state index is 0.0767. The van der Waals surface area contributed by atoms with Gasteiger partial charge in [-0.15, -0.1) is 0 Å². The van der Waals surface area contributed by atoms with E-state index in [1.807, 2.05) is 6.07 Å². The molecule has 0 unspecified atom stereocenters. The van der Waals surface area contributed by atoms with Crippen molar-refractivity contribution in [1.82, 2.24) is 0 Å². The standard InChI is InChI=1S/C15H19NO2/c1-11(2)13-8-12(4-5-14(13)18-3)15(6-7-15)9-16-10-17/h4-5,8,11H,6-7,9H2,1-3H3. The molecule has 1 aromatic rings. The van der Waals surface area contributed by atoms with Gasteiger partial charge in [-0.25, -0.2) is 9.79 Å². The Kier molecular flexibility index (Phi) is 3.53. The zero-order valence-electron chi connectivity index (χ0n) is 11.2. The summed E-state index contributed by atoms with van der Waals surface area (Å²) in [5, 5.41) is 0. The molecule has 18 heavy (non-hydrogen) atoms. The van der Waals surface area contributed by atoms with Crippen molar-refractivity contribution < 1.29 is 9.53 Å². The maximum absolute atomic E-state index is 10.3. The number of methoxy groups -OCH3 is 1. The Morgan fingerprint density at radius 2 is 2.17 bits per heavy atom. The number of hydrogen-bond acceptors (Lipinski definition) is 3. The Hall–Kier alpha value is -1.60. The smallest absolute Gasteiger partial charge is 0.234 e. The molecule has 0 atom stereocenters. The summed E-state index contributed by atoms with van der Waals surface area (Å²) in [6.07, 6.45) is 3.84. The van der Waals surface area contributed by atoms with Crippen LogP contribution in [0.2, 0.25) is 0 Å². The van der Waals surface area contributed by atoms with Crippen molar-refractivity contribution in [2.45, 2.75) is 38.0 Å². The van der Waals surface area contributed by atoms with Crippen LogP contribution in [-0.4, -0.2) is 19.7 Å². The first kappa shape index (κ1) is 12.8. The van der Waals surface area contributed by atoms with Crippen LogP contribution < -0.4 is 4.74 Å². The number of ether oxygens (including phenoxy) is 1. The Labute approximate surface area is 108 Å². The number of nitrogens with zero attached hydrogens (tertiary/aromatic N) is 1. The van der Waals surface area contributed by atoms with Gasteiger partial charge in [-0.3, -0.25) is 0 Å². The van der Waals surface area contributed by atoms with Crippen molar-refractivity contribution in [1.29, 1.82) is 0 Å². The molecule has 1 saturated carbocycles. The first-order chi connectivity index (χ1) is 8.63. The lowest BCUT2D eigenvalue weighted by Gasteiger charge is -2.17. The summed E-state index contributed by atoms with van der Waals surface area (Å²) in [4.78, 5) is 14.0. The minimum atomic E-state index is 0.0767. The highest BCUT2D eigenvalue weighted by molar-refractivity contribution is 5.45. The lowest BCUT2D eigenvalue weighted by molar-refractivity contribution is 0.407. The van der Waals surface area contributed by atoms with Crippen LogP contribution in [0.25, 0.3) is 0 Å². The molecule has 3 nitrogen and oxygen atoms in total. The predicted molar refractivity (Wildman–Crippen MR) is 71.0 cm³/mol. The number of aliphatic imine (C=N–C) groups is 1. The molecule has 0 aliphatic heterocycles. The van der Waals surface area contributed by atoms with Crippen LogP contribution in [0.3, 0.4) is 0 Å². The third-order valence-corrected chi connectivity index (χ3v) is 3.76. The van der Waals surface area contributed by atoms with Crippen molar-refractivity contribution in [3.8, 4) is 5.75 Å². The van der Waals surface area contributed by atoms with Crippen molar-refractivity contribution >= 4 is 6.08 Å². The van der Waals surface area contributed by atoms with Crippen LogP contribution in [-0.2, 0) is 10.2 Å². The molecule has 0 bridgehead atoms. The van der Waals surface area contributed by atoms with Gasteiger partial charge in [-0.05, 0) is 36.0 Å². The van der Waals surface area contributed by atoms with Crippen LogP contribution in [0.4, 0.5) is 0 Å². The van der Waals surface area contributed by atoms with E-state index in [0.717, 1.165) is 18.6 Å². The Balaban J connectivity index is 2.35. The summed E-state index contributed by atoms with van der Waals surface area (Å²) in [7, 11) is 1.70. The third-order valence-electron chi connectivity index (χ3n) is 3.76. The topological polar surface area (TPSA) is 38.7 Å². The molecular weight excluding hydrogens is 226 g/mol. The summed E-state index contributed by atoms with van der Waals surface area (Å²) >= 11 is 0. The molecule has 0 aromatic heterocycles. The lowest BCUT2D eigenvalue weighted by atomic mass is 9.91. The molecule has 0 amide bonds. The predicted octanol–water partition coefficient (Wildman–Crippen LogP) is 3.19. The molecule has 96 valence electrons. The van der Waals surface area contributed by atoms with Crippen LogP contribution in [0.15, 0.2) is 23.2 Å². The van der Waals surface area contributed by atoms with Crippen LogP contribution in [0.5, 0.6) is 5.75 Å². The average Bonchev–Trinajstić information content (AvgIpc) is 3.16. The normalized spacial score (nSPS) is 16.2. The molecular formula is C15H19NO2. The summed E-state index contributed by atoms with van der Waals surface area (Å²) in [6.45, 7) is 4.87. The number of rotatable bonds is 5. The second-order valence-electron chi connectivity index (χ2n) is 5.30. The fourth-order valence-corrected chi connectivity index (χ4v) is 2.39. The fourth-order valence-electron chi connectivity index (χ4n) is 2.39. The monoisotopic (exact) mass is 245 g/mol. The fraction of sp³-hybridized carbons (Fsp3) is 0.533. The quantitative estimate of drug-likeness (QED) is 0.590. The molecule has 2 rings (SSSR count). The largest absolute Gasteiger partial charge is 0.496 e. The molecule has 0 spiro atoms. The second-order valence-corrected chi connectivity index (χ2v) is 5.30. The SMILES string of the molecule is COc1ccc(C2(CN=C=O)CC2)cc1C(C)C. The van der Waals surface area contributed by atoms with E-state index in [2.05, 4.69) is 31.0 Å². The van der Waals surface area contributed by atoms with Crippen LogP contribution in [0, 0.1) is 0 Å². The Morgan fingerprint density at radius 1 is 1.44 bits per heavy atom. The van der Waals surface area contributed by atoms with Gasteiger partial charge < -0.3 is 4.74 Å². The molecule has 0 radical (unpaired) electrons. The van der Waals surface area contributed by atoms with Gasteiger partial charge in [0.05, 0.1) is 13.7 Å². The summed E-state index contributed by atoms with van der Waals surface area (Å²) < 4.78 is 5.39. The van der Waals surface area contributed by atoms with Crippen molar-refractivity contribution in [2.24, 2.45) is 4.99 Å².